The van der Waals surface area contributed by atoms with Crippen molar-refractivity contribution in [3.05, 3.63) is 0 Å². The van der Waals surface area contributed by atoms with Gasteiger partial charge in [0.2, 0.25) is 0 Å². The molecule has 0 saturated carbocycles. The smallest absolute Gasteiger partial charge is 0.317 e. The molecule has 2 N–H and O–H groups in total. The van der Waals surface area contributed by atoms with Crippen molar-refractivity contribution >= 4 is 23.9 Å². The number of hydrogen-bond acceptors (Lipinski definition) is 5. The number of esters is 2. The summed E-state index contributed by atoms with van der Waals surface area (Å²) in [6, 6.07) is 0. The maximum absolute atomic E-state index is 12.8. The summed E-state index contributed by atoms with van der Waals surface area (Å²) in [5.41, 5.74) is 0. The van der Waals surface area contributed by atoms with Crippen LogP contribution in [0, 0.1) is 11.8 Å². The van der Waals surface area contributed by atoms with E-state index in [9.17, 15) is 29.4 Å². The van der Waals surface area contributed by atoms with E-state index in [0.717, 1.165) is 38.5 Å². The Hall–Kier alpha value is -1.92. The van der Waals surface area contributed by atoms with Crippen molar-refractivity contribution < 1.29 is 34.1 Å². The quantitative estimate of drug-likeness (QED) is 0.0367. The van der Waals surface area contributed by atoms with Crippen LogP contribution in [-0.4, -0.2) is 34.1 Å². The molecule has 0 rings (SSSR count). The van der Waals surface area contributed by atoms with E-state index in [0.29, 0.717) is 25.7 Å². The number of unbranched alkanes of at least 4 members (excludes halogenated alkanes) is 30. The Kier molecular flexibility index (Phi) is 36.4. The Balaban J connectivity index is 4.14. The maximum Gasteiger partial charge on any atom is 0.317 e. The summed E-state index contributed by atoms with van der Waals surface area (Å²) >= 11 is 0. The van der Waals surface area contributed by atoms with Gasteiger partial charge in [-0.1, -0.05) is 219 Å². The molecular formula is C44H82O7. The second-order valence-electron chi connectivity index (χ2n) is 15.5. The molecule has 300 valence electrons. The second kappa shape index (κ2) is 37.8. The number of carbonyl (C=O) groups excluding carboxylic acids is 2. The predicted molar refractivity (Wildman–Crippen MR) is 211 cm³/mol. The van der Waals surface area contributed by atoms with Crippen molar-refractivity contribution in [3.8, 4) is 0 Å². The van der Waals surface area contributed by atoms with Gasteiger partial charge >= 0.3 is 23.9 Å². The van der Waals surface area contributed by atoms with Crippen molar-refractivity contribution in [1.82, 2.24) is 0 Å². The summed E-state index contributed by atoms with van der Waals surface area (Å²) in [5, 5.41) is 18.7. The van der Waals surface area contributed by atoms with Gasteiger partial charge in [0.1, 0.15) is 0 Å². The van der Waals surface area contributed by atoms with Gasteiger partial charge in [-0.25, -0.2) is 0 Å². The highest BCUT2D eigenvalue weighted by molar-refractivity contribution is 5.90. The molecule has 0 aliphatic heterocycles. The molecule has 2 unspecified atom stereocenters. The van der Waals surface area contributed by atoms with Gasteiger partial charge in [0.05, 0.1) is 24.7 Å². The molecule has 7 heteroatoms. The lowest BCUT2D eigenvalue weighted by atomic mass is 9.95. The molecule has 0 bridgehead atoms. The van der Waals surface area contributed by atoms with E-state index >= 15 is 0 Å². The fourth-order valence-electron chi connectivity index (χ4n) is 7.17. The lowest BCUT2D eigenvalue weighted by Gasteiger charge is -2.17. The Morgan fingerprint density at radius 3 is 0.745 bits per heavy atom. The highest BCUT2D eigenvalue weighted by atomic mass is 16.6. The molecule has 0 aliphatic rings. The Labute approximate surface area is 314 Å². The number of carboxylic acid groups (broad SMARTS) is 2. The Morgan fingerprint density at radius 2 is 0.549 bits per heavy atom. The van der Waals surface area contributed by atoms with Crippen LogP contribution in [0.3, 0.4) is 0 Å². The molecule has 0 aliphatic carbocycles. The number of ether oxygens (including phenoxy) is 1. The van der Waals surface area contributed by atoms with Crippen molar-refractivity contribution in [2.24, 2.45) is 11.8 Å². The minimum absolute atomic E-state index is 0.361. The summed E-state index contributed by atoms with van der Waals surface area (Å²) in [6.07, 6.45) is 39.5. The molecule has 0 radical (unpaired) electrons. The van der Waals surface area contributed by atoms with E-state index in [4.69, 9.17) is 4.74 Å². The van der Waals surface area contributed by atoms with Crippen LogP contribution >= 0.6 is 0 Å². The van der Waals surface area contributed by atoms with Gasteiger partial charge in [-0.15, -0.1) is 0 Å². The van der Waals surface area contributed by atoms with Crippen LogP contribution in [0.2, 0.25) is 0 Å². The summed E-state index contributed by atoms with van der Waals surface area (Å²) in [6.45, 7) is 4.51. The molecule has 0 saturated heterocycles. The number of carbonyl (C=O) groups is 4. The normalized spacial score (nSPS) is 12.5. The van der Waals surface area contributed by atoms with Gasteiger partial charge in [0.25, 0.3) is 0 Å². The number of hydrogen-bond donors (Lipinski definition) is 2. The van der Waals surface area contributed by atoms with Crippen LogP contribution in [0.5, 0.6) is 0 Å². The van der Waals surface area contributed by atoms with Gasteiger partial charge in [-0.3, -0.25) is 19.2 Å². The molecule has 0 aromatic rings. The van der Waals surface area contributed by atoms with Gasteiger partial charge in [0.15, 0.2) is 0 Å². The zero-order valence-electron chi connectivity index (χ0n) is 33.5. The van der Waals surface area contributed by atoms with Crippen molar-refractivity contribution in [2.75, 3.05) is 0 Å². The number of rotatable bonds is 40. The second-order valence-corrected chi connectivity index (χ2v) is 15.5. The first-order chi connectivity index (χ1) is 24.8. The SMILES string of the molecule is CCCCCCCCCCCCCCCCCCC(CC(=O)O)C(=O)OC(=O)C(CCCCCCCCCCCCCCCCCC)CC(=O)O. The van der Waals surface area contributed by atoms with Crippen LogP contribution < -0.4 is 0 Å². The third-order valence-corrected chi connectivity index (χ3v) is 10.5. The van der Waals surface area contributed by atoms with E-state index in [2.05, 4.69) is 13.8 Å². The topological polar surface area (TPSA) is 118 Å². The summed E-state index contributed by atoms with van der Waals surface area (Å²) in [5.74, 6) is -5.64. The summed E-state index contributed by atoms with van der Waals surface area (Å²) < 4.78 is 5.13. The van der Waals surface area contributed by atoms with Gasteiger partial charge in [0, 0.05) is 0 Å². The number of aliphatic carboxylic acids is 2. The third-order valence-electron chi connectivity index (χ3n) is 10.5. The van der Waals surface area contributed by atoms with Crippen molar-refractivity contribution in [3.63, 3.8) is 0 Å². The summed E-state index contributed by atoms with van der Waals surface area (Å²) in [4.78, 5) is 48.6. The first-order valence-corrected chi connectivity index (χ1v) is 22.0. The van der Waals surface area contributed by atoms with Crippen LogP contribution in [0.25, 0.3) is 0 Å². The van der Waals surface area contributed by atoms with Crippen LogP contribution in [0.1, 0.15) is 245 Å². The lowest BCUT2D eigenvalue weighted by Crippen LogP contribution is -2.28. The first-order valence-electron chi connectivity index (χ1n) is 22.0. The molecular weight excluding hydrogens is 640 g/mol. The predicted octanol–water partition coefficient (Wildman–Crippen LogP) is 13.5. The van der Waals surface area contributed by atoms with Gasteiger partial charge < -0.3 is 14.9 Å². The number of carboxylic acids is 2. The van der Waals surface area contributed by atoms with Gasteiger partial charge in [-0.05, 0) is 12.8 Å². The van der Waals surface area contributed by atoms with Crippen LogP contribution in [-0.2, 0) is 23.9 Å². The fraction of sp³-hybridized carbons (Fsp3) is 0.909. The third kappa shape index (κ3) is 34.9. The molecule has 0 aromatic heterocycles. The molecule has 2 atom stereocenters. The minimum atomic E-state index is -1.10. The van der Waals surface area contributed by atoms with Gasteiger partial charge in [-0.2, -0.15) is 0 Å². The average Bonchev–Trinajstić information content (AvgIpc) is 3.09. The van der Waals surface area contributed by atoms with E-state index in [-0.39, 0.29) is 12.8 Å². The van der Waals surface area contributed by atoms with Crippen LogP contribution in [0.15, 0.2) is 0 Å². The van der Waals surface area contributed by atoms with E-state index in [1.165, 1.54) is 154 Å². The Morgan fingerprint density at radius 1 is 0.353 bits per heavy atom. The largest absolute Gasteiger partial charge is 0.481 e. The molecule has 0 heterocycles. The molecule has 0 aromatic carbocycles. The standard InChI is InChI=1S/C44H82O7/c1-3-5-7-9-11-13-15-17-19-21-23-25-27-29-31-33-35-39(37-41(45)46)43(49)51-44(50)40(38-42(47)48)36-34-32-30-28-26-24-22-20-18-16-14-12-10-8-6-4-2/h39-40H,3-38H2,1-2H3,(H,45,46)(H,47,48). The monoisotopic (exact) mass is 723 g/mol. The molecule has 0 amide bonds. The van der Waals surface area contributed by atoms with E-state index in [1.54, 1.807) is 0 Å². The van der Waals surface area contributed by atoms with Crippen LogP contribution in [0.4, 0.5) is 0 Å². The van der Waals surface area contributed by atoms with Crippen molar-refractivity contribution in [2.45, 2.75) is 245 Å². The minimum Gasteiger partial charge on any atom is -0.481 e. The Bertz CT molecular complexity index is 760. The average molecular weight is 723 g/mol. The molecule has 7 nitrogen and oxygen atoms in total. The van der Waals surface area contributed by atoms with Crippen molar-refractivity contribution in [1.29, 1.82) is 0 Å². The zero-order chi connectivity index (χ0) is 37.6. The molecule has 0 spiro atoms. The lowest BCUT2D eigenvalue weighted by molar-refractivity contribution is -0.169. The highest BCUT2D eigenvalue weighted by Crippen LogP contribution is 2.22. The van der Waals surface area contributed by atoms with E-state index < -0.39 is 35.7 Å². The fourth-order valence-corrected chi connectivity index (χ4v) is 7.17. The zero-order valence-corrected chi connectivity index (χ0v) is 33.5. The molecule has 51 heavy (non-hydrogen) atoms. The summed E-state index contributed by atoms with van der Waals surface area (Å²) in [7, 11) is 0. The highest BCUT2D eigenvalue weighted by Gasteiger charge is 2.29. The van der Waals surface area contributed by atoms with E-state index in [1.807, 2.05) is 0 Å². The molecule has 0 fully saturated rings. The first kappa shape index (κ1) is 49.1. The maximum atomic E-state index is 12.8.